The first kappa shape index (κ1) is 9.96. The average Bonchev–Trinajstić information content (AvgIpc) is 2.32. The molecule has 2 amide bonds. The van der Waals surface area contributed by atoms with Crippen molar-refractivity contribution in [3.8, 4) is 0 Å². The maximum Gasteiger partial charge on any atom is 0.256 e. The van der Waals surface area contributed by atoms with E-state index in [0.717, 1.165) is 6.42 Å². The lowest BCUT2D eigenvalue weighted by Gasteiger charge is -2.18. The molecule has 0 spiro atoms. The molecule has 1 heterocycles. The van der Waals surface area contributed by atoms with Gasteiger partial charge in [0, 0.05) is 18.2 Å². The molecule has 0 saturated carbocycles. The fourth-order valence-electron chi connectivity index (χ4n) is 1.25. The number of rotatable bonds is 3. The molecule has 0 aromatic heterocycles. The van der Waals surface area contributed by atoms with E-state index in [-0.39, 0.29) is 11.8 Å². The van der Waals surface area contributed by atoms with Crippen LogP contribution in [0.5, 0.6) is 0 Å². The second-order valence-electron chi connectivity index (χ2n) is 3.59. The first-order valence-electron chi connectivity index (χ1n) is 4.60. The van der Waals surface area contributed by atoms with E-state index in [1.807, 2.05) is 6.92 Å². The molecule has 0 aromatic carbocycles. The minimum atomic E-state index is -0.164. The van der Waals surface area contributed by atoms with Gasteiger partial charge in [-0.15, -0.1) is 0 Å². The van der Waals surface area contributed by atoms with E-state index in [2.05, 4.69) is 6.92 Å². The fraction of sp³-hybridized carbons (Fsp3) is 0.600. The number of hydrogen-bond acceptors (Lipinski definition) is 2. The third kappa shape index (κ3) is 1.97. The number of carbonyl (C=O) groups is 2. The van der Waals surface area contributed by atoms with Gasteiger partial charge in [-0.25, -0.2) is 0 Å². The van der Waals surface area contributed by atoms with Crippen LogP contribution in [-0.2, 0) is 9.59 Å². The highest BCUT2D eigenvalue weighted by Crippen LogP contribution is 2.14. The largest absolute Gasteiger partial charge is 0.275 e. The number of nitrogens with zero attached hydrogens (tertiary/aromatic N) is 1. The summed E-state index contributed by atoms with van der Waals surface area (Å²) in [5.74, 6) is 0.0836. The fourth-order valence-corrected chi connectivity index (χ4v) is 1.25. The van der Waals surface area contributed by atoms with Crippen LogP contribution >= 0.6 is 0 Å². The molecule has 1 atom stereocenters. The third-order valence-corrected chi connectivity index (χ3v) is 2.38. The molecule has 0 N–H and O–H groups in total. The standard InChI is InChI=1S/C10H15NO2/c1-4-7(2)6-11-9(12)5-8(3)10(11)13/h5,7H,4,6H2,1-3H3. The topological polar surface area (TPSA) is 37.4 Å². The molecule has 0 saturated heterocycles. The predicted molar refractivity (Wildman–Crippen MR) is 49.9 cm³/mol. The van der Waals surface area contributed by atoms with Crippen LogP contribution in [0.3, 0.4) is 0 Å². The molecule has 72 valence electrons. The van der Waals surface area contributed by atoms with Gasteiger partial charge in [0.05, 0.1) is 0 Å². The molecule has 0 radical (unpaired) electrons. The van der Waals surface area contributed by atoms with E-state index >= 15 is 0 Å². The molecule has 3 nitrogen and oxygen atoms in total. The lowest BCUT2D eigenvalue weighted by Crippen LogP contribution is -2.34. The van der Waals surface area contributed by atoms with Gasteiger partial charge in [0.15, 0.2) is 0 Å². The second kappa shape index (κ2) is 3.73. The Balaban J connectivity index is 2.64. The summed E-state index contributed by atoms with van der Waals surface area (Å²) in [5.41, 5.74) is 0.549. The first-order chi connectivity index (χ1) is 6.06. The van der Waals surface area contributed by atoms with Crippen molar-refractivity contribution in [1.29, 1.82) is 0 Å². The Labute approximate surface area is 78.4 Å². The molecular weight excluding hydrogens is 166 g/mol. The van der Waals surface area contributed by atoms with Gasteiger partial charge in [0.1, 0.15) is 0 Å². The van der Waals surface area contributed by atoms with E-state index in [1.165, 1.54) is 11.0 Å². The zero-order valence-corrected chi connectivity index (χ0v) is 8.33. The van der Waals surface area contributed by atoms with Crippen LogP contribution in [0, 0.1) is 5.92 Å². The van der Waals surface area contributed by atoms with E-state index in [9.17, 15) is 9.59 Å². The zero-order valence-electron chi connectivity index (χ0n) is 8.33. The average molecular weight is 181 g/mol. The van der Waals surface area contributed by atoms with Crippen molar-refractivity contribution in [2.24, 2.45) is 5.92 Å². The molecule has 1 aliphatic rings. The summed E-state index contributed by atoms with van der Waals surface area (Å²) in [6.07, 6.45) is 2.39. The summed E-state index contributed by atoms with van der Waals surface area (Å²) in [6.45, 7) is 6.31. The van der Waals surface area contributed by atoms with Gasteiger partial charge in [-0.3, -0.25) is 14.5 Å². The Kier molecular flexibility index (Phi) is 2.86. The summed E-state index contributed by atoms with van der Waals surface area (Å²) in [6, 6.07) is 0. The summed E-state index contributed by atoms with van der Waals surface area (Å²) < 4.78 is 0. The molecular formula is C10H15NO2. The van der Waals surface area contributed by atoms with E-state index < -0.39 is 0 Å². The quantitative estimate of drug-likeness (QED) is 0.616. The van der Waals surface area contributed by atoms with Crippen LogP contribution in [0.1, 0.15) is 27.2 Å². The Bertz CT molecular complexity index is 268. The highest BCUT2D eigenvalue weighted by molar-refractivity contribution is 6.15. The molecule has 0 aliphatic carbocycles. The van der Waals surface area contributed by atoms with Gasteiger partial charge >= 0.3 is 0 Å². The summed E-state index contributed by atoms with van der Waals surface area (Å²) >= 11 is 0. The molecule has 0 aromatic rings. The second-order valence-corrected chi connectivity index (χ2v) is 3.59. The van der Waals surface area contributed by atoms with Crippen LogP contribution in [0.4, 0.5) is 0 Å². The van der Waals surface area contributed by atoms with Crippen LogP contribution in [-0.4, -0.2) is 23.3 Å². The van der Waals surface area contributed by atoms with Gasteiger partial charge in [-0.05, 0) is 12.8 Å². The minimum absolute atomic E-state index is 0.134. The van der Waals surface area contributed by atoms with Gasteiger partial charge < -0.3 is 0 Å². The first-order valence-corrected chi connectivity index (χ1v) is 4.60. The smallest absolute Gasteiger partial charge is 0.256 e. The molecule has 1 aliphatic heterocycles. The number of imide groups is 1. The Hall–Kier alpha value is -1.12. The normalized spacial score (nSPS) is 19.3. The van der Waals surface area contributed by atoms with Crippen molar-refractivity contribution in [3.05, 3.63) is 11.6 Å². The predicted octanol–water partition coefficient (Wildman–Crippen LogP) is 1.35. The van der Waals surface area contributed by atoms with Gasteiger partial charge in [0.25, 0.3) is 11.8 Å². The zero-order chi connectivity index (χ0) is 10.0. The highest BCUT2D eigenvalue weighted by atomic mass is 16.2. The Morgan fingerprint density at radius 2 is 2.08 bits per heavy atom. The molecule has 3 heteroatoms. The maximum atomic E-state index is 11.4. The molecule has 13 heavy (non-hydrogen) atoms. The number of hydrogen-bond donors (Lipinski definition) is 0. The molecule has 1 rings (SSSR count). The lowest BCUT2D eigenvalue weighted by molar-refractivity contribution is -0.137. The Morgan fingerprint density at radius 1 is 1.46 bits per heavy atom. The van der Waals surface area contributed by atoms with Crippen molar-refractivity contribution >= 4 is 11.8 Å². The van der Waals surface area contributed by atoms with Crippen LogP contribution < -0.4 is 0 Å². The van der Waals surface area contributed by atoms with Gasteiger partial charge in [0.2, 0.25) is 0 Å². The molecule has 0 fully saturated rings. The molecule has 1 unspecified atom stereocenters. The highest BCUT2D eigenvalue weighted by Gasteiger charge is 2.28. The van der Waals surface area contributed by atoms with Crippen molar-refractivity contribution in [3.63, 3.8) is 0 Å². The molecule has 0 bridgehead atoms. The van der Waals surface area contributed by atoms with Crippen molar-refractivity contribution in [2.45, 2.75) is 27.2 Å². The van der Waals surface area contributed by atoms with Crippen molar-refractivity contribution in [2.75, 3.05) is 6.54 Å². The van der Waals surface area contributed by atoms with E-state index in [1.54, 1.807) is 6.92 Å². The number of amides is 2. The summed E-state index contributed by atoms with van der Waals surface area (Å²) in [7, 11) is 0. The number of carbonyl (C=O) groups excluding carboxylic acids is 2. The summed E-state index contributed by atoms with van der Waals surface area (Å²) in [5, 5.41) is 0. The van der Waals surface area contributed by atoms with Crippen molar-refractivity contribution in [1.82, 2.24) is 4.90 Å². The van der Waals surface area contributed by atoms with Crippen LogP contribution in [0.15, 0.2) is 11.6 Å². The van der Waals surface area contributed by atoms with Crippen LogP contribution in [0.2, 0.25) is 0 Å². The summed E-state index contributed by atoms with van der Waals surface area (Å²) in [4.78, 5) is 24.0. The maximum absolute atomic E-state index is 11.4. The van der Waals surface area contributed by atoms with E-state index in [0.29, 0.717) is 18.0 Å². The van der Waals surface area contributed by atoms with E-state index in [4.69, 9.17) is 0 Å². The van der Waals surface area contributed by atoms with Crippen LogP contribution in [0.25, 0.3) is 0 Å². The third-order valence-electron chi connectivity index (χ3n) is 2.38. The van der Waals surface area contributed by atoms with Crippen molar-refractivity contribution < 1.29 is 9.59 Å². The lowest BCUT2D eigenvalue weighted by atomic mass is 10.1. The SMILES string of the molecule is CCC(C)CN1C(=O)C=C(C)C1=O. The van der Waals surface area contributed by atoms with Gasteiger partial charge in [-0.1, -0.05) is 20.3 Å². The monoisotopic (exact) mass is 181 g/mol. The van der Waals surface area contributed by atoms with Gasteiger partial charge in [-0.2, -0.15) is 0 Å². The Morgan fingerprint density at radius 3 is 2.46 bits per heavy atom. The minimum Gasteiger partial charge on any atom is -0.275 e.